The molecule has 1 fully saturated rings. The Morgan fingerprint density at radius 2 is 1.57 bits per heavy atom. The molecule has 1 aliphatic rings. The van der Waals surface area contributed by atoms with Crippen molar-refractivity contribution in [3.8, 4) is 0 Å². The summed E-state index contributed by atoms with van der Waals surface area (Å²) in [7, 11) is 0. The van der Waals surface area contributed by atoms with Crippen LogP contribution in [0.15, 0.2) is 0 Å². The van der Waals surface area contributed by atoms with Crippen LogP contribution in [0, 0.1) is 5.92 Å². The Morgan fingerprint density at radius 3 is 2.25 bits per heavy atom. The van der Waals surface area contributed by atoms with E-state index < -0.39 is 0 Å². The van der Waals surface area contributed by atoms with E-state index in [0.717, 1.165) is 51.4 Å². The molecule has 6 heteroatoms. The number of carbonyl (C=O) groups excluding carboxylic acids is 3. The molecule has 28 heavy (non-hydrogen) atoms. The van der Waals surface area contributed by atoms with E-state index in [4.69, 9.17) is 9.47 Å². The van der Waals surface area contributed by atoms with Crippen molar-refractivity contribution in [1.82, 2.24) is 5.32 Å². The summed E-state index contributed by atoms with van der Waals surface area (Å²) in [6.07, 6.45) is 10.8. The lowest BCUT2D eigenvalue weighted by Gasteiger charge is -2.21. The summed E-state index contributed by atoms with van der Waals surface area (Å²) in [6.45, 7) is 4.92. The molecule has 1 atom stereocenters. The van der Waals surface area contributed by atoms with Gasteiger partial charge in [0.15, 0.2) is 0 Å². The molecule has 0 radical (unpaired) electrons. The van der Waals surface area contributed by atoms with Crippen molar-refractivity contribution in [3.63, 3.8) is 0 Å². The first kappa shape index (κ1) is 24.6. The Balaban J connectivity index is 2.24. The summed E-state index contributed by atoms with van der Waals surface area (Å²) in [4.78, 5) is 35.8. The van der Waals surface area contributed by atoms with E-state index in [1.54, 1.807) is 6.92 Å². The van der Waals surface area contributed by atoms with Crippen LogP contribution in [0.5, 0.6) is 0 Å². The highest BCUT2D eigenvalue weighted by molar-refractivity contribution is 5.81. The standard InChI is InChI=1S/C22H39NO5/c1-3-27-21(25)15-11-6-5-10-14-19(22(26)28-4-2)23-17-16-20(24)18-12-8-7-9-13-18/h18-19,23H,3-17H2,1-2H3. The van der Waals surface area contributed by atoms with E-state index in [0.29, 0.717) is 44.8 Å². The van der Waals surface area contributed by atoms with Gasteiger partial charge in [-0.1, -0.05) is 38.5 Å². The first-order chi connectivity index (χ1) is 13.6. The minimum atomic E-state index is -0.357. The third-order valence-corrected chi connectivity index (χ3v) is 5.32. The van der Waals surface area contributed by atoms with Gasteiger partial charge in [0, 0.05) is 25.3 Å². The average Bonchev–Trinajstić information content (AvgIpc) is 2.70. The predicted molar refractivity (Wildman–Crippen MR) is 109 cm³/mol. The van der Waals surface area contributed by atoms with Gasteiger partial charge in [0.1, 0.15) is 11.8 Å². The maximum atomic E-state index is 12.3. The van der Waals surface area contributed by atoms with Crippen LogP contribution in [0.4, 0.5) is 0 Å². The van der Waals surface area contributed by atoms with E-state index in [1.165, 1.54) is 6.42 Å². The lowest BCUT2D eigenvalue weighted by Crippen LogP contribution is -2.39. The number of nitrogens with one attached hydrogen (secondary N) is 1. The third-order valence-electron chi connectivity index (χ3n) is 5.32. The van der Waals surface area contributed by atoms with Gasteiger partial charge in [0.2, 0.25) is 0 Å². The molecule has 0 aliphatic heterocycles. The van der Waals surface area contributed by atoms with Gasteiger partial charge in [-0.25, -0.2) is 0 Å². The molecule has 1 aliphatic carbocycles. The van der Waals surface area contributed by atoms with Crippen molar-refractivity contribution in [2.24, 2.45) is 5.92 Å². The molecule has 0 aromatic heterocycles. The van der Waals surface area contributed by atoms with Gasteiger partial charge in [-0.2, -0.15) is 0 Å². The molecular weight excluding hydrogens is 358 g/mol. The third kappa shape index (κ3) is 10.8. The van der Waals surface area contributed by atoms with Crippen molar-refractivity contribution < 1.29 is 23.9 Å². The molecule has 1 N–H and O–H groups in total. The Hall–Kier alpha value is -1.43. The van der Waals surface area contributed by atoms with Crippen LogP contribution in [-0.2, 0) is 23.9 Å². The molecule has 0 amide bonds. The van der Waals surface area contributed by atoms with Crippen molar-refractivity contribution in [1.29, 1.82) is 0 Å². The second-order valence-electron chi connectivity index (χ2n) is 7.57. The van der Waals surface area contributed by atoms with E-state index in [-0.39, 0.29) is 23.9 Å². The number of ether oxygens (including phenoxy) is 2. The molecule has 0 aromatic carbocycles. The number of rotatable bonds is 15. The molecule has 6 nitrogen and oxygen atoms in total. The molecule has 0 heterocycles. The summed E-state index contributed by atoms with van der Waals surface area (Å²) >= 11 is 0. The molecule has 0 aromatic rings. The van der Waals surface area contributed by atoms with E-state index >= 15 is 0 Å². The Bertz CT molecular complexity index is 460. The summed E-state index contributed by atoms with van der Waals surface area (Å²) < 4.78 is 10.1. The van der Waals surface area contributed by atoms with Gasteiger partial charge in [0.25, 0.3) is 0 Å². The number of esters is 2. The minimum Gasteiger partial charge on any atom is -0.466 e. The van der Waals surface area contributed by atoms with Gasteiger partial charge in [-0.15, -0.1) is 0 Å². The molecular formula is C22H39NO5. The normalized spacial score (nSPS) is 15.8. The molecule has 162 valence electrons. The number of hydrogen-bond acceptors (Lipinski definition) is 6. The lowest BCUT2D eigenvalue weighted by molar-refractivity contribution is -0.146. The molecule has 1 unspecified atom stereocenters. The number of unbranched alkanes of at least 4 members (excludes halogenated alkanes) is 3. The second-order valence-corrected chi connectivity index (χ2v) is 7.57. The molecule has 0 bridgehead atoms. The highest BCUT2D eigenvalue weighted by Crippen LogP contribution is 2.25. The maximum absolute atomic E-state index is 12.3. The number of Topliss-reactive ketones (excluding diaryl/α,β-unsaturated/α-hetero) is 1. The van der Waals surface area contributed by atoms with E-state index in [9.17, 15) is 14.4 Å². The monoisotopic (exact) mass is 397 g/mol. The van der Waals surface area contributed by atoms with Crippen LogP contribution in [0.25, 0.3) is 0 Å². The van der Waals surface area contributed by atoms with Gasteiger partial charge in [-0.05, 0) is 39.5 Å². The average molecular weight is 398 g/mol. The van der Waals surface area contributed by atoms with Crippen molar-refractivity contribution in [2.45, 2.75) is 96.9 Å². The quantitative estimate of drug-likeness (QED) is 0.333. The van der Waals surface area contributed by atoms with E-state index in [2.05, 4.69) is 5.32 Å². The number of hydrogen-bond donors (Lipinski definition) is 1. The van der Waals surface area contributed by atoms with Gasteiger partial charge in [-0.3, -0.25) is 14.4 Å². The fraction of sp³-hybridized carbons (Fsp3) is 0.864. The molecule has 1 saturated carbocycles. The van der Waals surface area contributed by atoms with Gasteiger partial charge >= 0.3 is 11.9 Å². The zero-order valence-corrected chi connectivity index (χ0v) is 17.8. The second kappa shape index (κ2) is 15.5. The van der Waals surface area contributed by atoms with Crippen molar-refractivity contribution in [2.75, 3.05) is 19.8 Å². The molecule has 0 spiro atoms. The van der Waals surface area contributed by atoms with Crippen molar-refractivity contribution >= 4 is 17.7 Å². The SMILES string of the molecule is CCOC(=O)CCCCCCC(NCCC(=O)C1CCCCC1)C(=O)OCC. The Morgan fingerprint density at radius 1 is 0.893 bits per heavy atom. The maximum Gasteiger partial charge on any atom is 0.323 e. The summed E-state index contributed by atoms with van der Waals surface area (Å²) in [5.74, 6) is 0.167. The van der Waals surface area contributed by atoms with Gasteiger partial charge in [0.05, 0.1) is 13.2 Å². The zero-order chi connectivity index (χ0) is 20.6. The largest absolute Gasteiger partial charge is 0.466 e. The fourth-order valence-corrected chi connectivity index (χ4v) is 3.75. The zero-order valence-electron chi connectivity index (χ0n) is 17.8. The summed E-state index contributed by atoms with van der Waals surface area (Å²) in [5.41, 5.74) is 0. The first-order valence-electron chi connectivity index (χ1n) is 11.2. The summed E-state index contributed by atoms with van der Waals surface area (Å²) in [6, 6.07) is -0.357. The van der Waals surface area contributed by atoms with Crippen LogP contribution in [0.2, 0.25) is 0 Å². The number of carbonyl (C=O) groups is 3. The highest BCUT2D eigenvalue weighted by Gasteiger charge is 2.22. The highest BCUT2D eigenvalue weighted by atomic mass is 16.5. The Kier molecular flexibility index (Phi) is 13.6. The Labute approximate surface area is 170 Å². The first-order valence-corrected chi connectivity index (χ1v) is 11.2. The van der Waals surface area contributed by atoms with Crippen LogP contribution in [0.3, 0.4) is 0 Å². The number of ketones is 1. The lowest BCUT2D eigenvalue weighted by atomic mass is 9.85. The molecule has 1 rings (SSSR count). The van der Waals surface area contributed by atoms with Crippen LogP contribution in [-0.4, -0.2) is 43.5 Å². The summed E-state index contributed by atoms with van der Waals surface area (Å²) in [5, 5.41) is 3.23. The topological polar surface area (TPSA) is 81.7 Å². The van der Waals surface area contributed by atoms with E-state index in [1.807, 2.05) is 6.92 Å². The minimum absolute atomic E-state index is 0.142. The predicted octanol–water partition coefficient (Wildman–Crippen LogP) is 3.95. The fourth-order valence-electron chi connectivity index (χ4n) is 3.75. The smallest absolute Gasteiger partial charge is 0.323 e. The van der Waals surface area contributed by atoms with Crippen LogP contribution < -0.4 is 5.32 Å². The van der Waals surface area contributed by atoms with Crippen LogP contribution >= 0.6 is 0 Å². The molecule has 0 saturated heterocycles. The van der Waals surface area contributed by atoms with Gasteiger partial charge < -0.3 is 14.8 Å². The van der Waals surface area contributed by atoms with Crippen LogP contribution in [0.1, 0.15) is 90.9 Å². The van der Waals surface area contributed by atoms with Crippen molar-refractivity contribution in [3.05, 3.63) is 0 Å².